The van der Waals surface area contributed by atoms with Crippen LogP contribution >= 0.6 is 0 Å². The van der Waals surface area contributed by atoms with E-state index in [0.29, 0.717) is 0 Å². The number of hydrogen-bond acceptors (Lipinski definition) is 7. The molecule has 0 fully saturated rings. The van der Waals surface area contributed by atoms with Crippen LogP contribution in [0.15, 0.2) is 12.1 Å². The fraction of sp³-hybridized carbons (Fsp3) is 0.364. The van der Waals surface area contributed by atoms with Crippen molar-refractivity contribution < 1.29 is 34.1 Å². The second kappa shape index (κ2) is 4.63. The average molecular weight is 268 g/mol. The third-order valence-electron chi connectivity index (χ3n) is 2.41. The molecule has 19 heavy (non-hydrogen) atoms. The minimum Gasteiger partial charge on any atom is -0.665 e. The van der Waals surface area contributed by atoms with E-state index in [0.717, 1.165) is 0 Å². The van der Waals surface area contributed by atoms with E-state index < -0.39 is 24.8 Å². The zero-order valence-corrected chi connectivity index (χ0v) is 10.5. The molecule has 0 saturated carbocycles. The van der Waals surface area contributed by atoms with Crippen LogP contribution in [0.1, 0.15) is 24.2 Å². The molecule has 0 aromatic heterocycles. The van der Waals surface area contributed by atoms with Gasteiger partial charge in [0.05, 0.1) is 24.1 Å². The predicted molar refractivity (Wildman–Crippen MR) is 62.9 cm³/mol. The van der Waals surface area contributed by atoms with Crippen LogP contribution in [0.2, 0.25) is 0 Å². The number of hydrogen-bond donors (Lipinski definition) is 2. The highest BCUT2D eigenvalue weighted by Gasteiger charge is 2.33. The van der Waals surface area contributed by atoms with Crippen molar-refractivity contribution in [2.24, 2.45) is 0 Å². The number of carboxylic acids is 1. The minimum atomic E-state index is -3.25. The molecule has 0 saturated heterocycles. The topological polar surface area (TPSA) is 108 Å². The van der Waals surface area contributed by atoms with Crippen LogP contribution in [0.4, 0.5) is 0 Å². The molecule has 0 unspecified atom stereocenters. The molecule has 1 aromatic rings. The first-order valence-corrected chi connectivity index (χ1v) is 5.77. The maximum Gasteiger partial charge on any atom is 0.467 e. The molecule has 2 rings (SSSR count). The lowest BCUT2D eigenvalue weighted by Crippen LogP contribution is -2.51. The van der Waals surface area contributed by atoms with E-state index in [2.05, 4.69) is 0 Å². The normalized spacial score (nSPS) is 16.3. The number of benzene rings is 1. The van der Waals surface area contributed by atoms with Crippen LogP contribution in [0.5, 0.6) is 17.2 Å². The Balaban J connectivity index is 2.53. The summed E-state index contributed by atoms with van der Waals surface area (Å²) < 4.78 is 15.3. The molecule has 1 aliphatic heterocycles. The Kier molecular flexibility index (Phi) is 3.29. The number of fused-ring (bicyclic) bond motifs is 1. The van der Waals surface area contributed by atoms with Gasteiger partial charge in [0.2, 0.25) is 0 Å². The molecule has 1 heterocycles. The Labute approximate surface area is 109 Å². The van der Waals surface area contributed by atoms with E-state index in [9.17, 15) is 19.9 Å². The molecule has 0 spiro atoms. The van der Waals surface area contributed by atoms with Crippen molar-refractivity contribution in [2.45, 2.75) is 20.0 Å². The summed E-state index contributed by atoms with van der Waals surface area (Å²) in [5.41, 5.74) is -0.403. The molecule has 0 radical (unpaired) electrons. The summed E-state index contributed by atoms with van der Waals surface area (Å²) in [5.74, 6) is -1.74. The highest BCUT2D eigenvalue weighted by Crippen LogP contribution is 2.40. The van der Waals surface area contributed by atoms with Gasteiger partial charge in [0.15, 0.2) is 5.75 Å². The molecular formula is C11H13BO7-2. The third-order valence-corrected chi connectivity index (χ3v) is 2.41. The molecule has 0 bridgehead atoms. The Morgan fingerprint density at radius 2 is 2.16 bits per heavy atom. The molecule has 2 N–H and O–H groups in total. The lowest BCUT2D eigenvalue weighted by atomic mass is 9.80. The van der Waals surface area contributed by atoms with Gasteiger partial charge in [-0.3, -0.25) is 0 Å². The molecule has 0 aliphatic carbocycles. The summed E-state index contributed by atoms with van der Waals surface area (Å²) in [7, 11) is 0. The van der Waals surface area contributed by atoms with Gasteiger partial charge in [-0.2, -0.15) is 0 Å². The van der Waals surface area contributed by atoms with Gasteiger partial charge >= 0.3 is 6.75 Å². The molecule has 8 heteroatoms. The lowest BCUT2D eigenvalue weighted by molar-refractivity contribution is -0.255. The van der Waals surface area contributed by atoms with Crippen LogP contribution in [-0.4, -0.2) is 35.4 Å². The Morgan fingerprint density at radius 3 is 2.74 bits per heavy atom. The monoisotopic (exact) mass is 268 g/mol. The zero-order valence-electron chi connectivity index (χ0n) is 10.5. The summed E-state index contributed by atoms with van der Waals surface area (Å²) in [6.07, 6.45) is -0.265. The third kappa shape index (κ3) is 2.74. The van der Waals surface area contributed by atoms with Crippen LogP contribution in [0.25, 0.3) is 0 Å². The fourth-order valence-electron chi connectivity index (χ4n) is 1.74. The average Bonchev–Trinajstić information content (AvgIpc) is 2.25. The molecule has 1 aliphatic rings. The van der Waals surface area contributed by atoms with E-state index in [1.807, 2.05) is 0 Å². The molecule has 0 amide bonds. The van der Waals surface area contributed by atoms with Crippen molar-refractivity contribution in [2.75, 3.05) is 6.51 Å². The Bertz CT molecular complexity index is 512. The molecule has 7 nitrogen and oxygen atoms in total. The van der Waals surface area contributed by atoms with Crippen molar-refractivity contribution in [3.63, 3.8) is 0 Å². The van der Waals surface area contributed by atoms with Crippen molar-refractivity contribution >= 4 is 12.7 Å². The van der Waals surface area contributed by atoms with E-state index in [1.165, 1.54) is 12.1 Å². The molecule has 1 aromatic carbocycles. The predicted octanol–water partition coefficient (Wildman–Crippen LogP) is -0.929. The number of rotatable bonds is 3. The van der Waals surface area contributed by atoms with E-state index in [1.54, 1.807) is 13.8 Å². The smallest absolute Gasteiger partial charge is 0.467 e. The Morgan fingerprint density at radius 1 is 1.47 bits per heavy atom. The maximum absolute atomic E-state index is 11.2. The quantitative estimate of drug-likeness (QED) is 0.682. The zero-order chi connectivity index (χ0) is 14.2. The summed E-state index contributed by atoms with van der Waals surface area (Å²) in [5, 5.41) is 30.0. The summed E-state index contributed by atoms with van der Waals surface area (Å²) >= 11 is 0. The van der Waals surface area contributed by atoms with Crippen LogP contribution in [0, 0.1) is 0 Å². The first-order chi connectivity index (χ1) is 8.80. The highest BCUT2D eigenvalue weighted by molar-refractivity contribution is 6.58. The number of carbonyl (C=O) groups excluding carboxylic acids is 1. The molecular weight excluding hydrogens is 255 g/mol. The van der Waals surface area contributed by atoms with Gasteiger partial charge in [-0.25, -0.2) is 0 Å². The van der Waals surface area contributed by atoms with E-state index in [4.69, 9.17) is 14.1 Å². The van der Waals surface area contributed by atoms with Gasteiger partial charge in [-0.15, -0.1) is 0 Å². The number of carboxylic acid groups (broad SMARTS) is 1. The minimum absolute atomic E-state index is 0.0193. The van der Waals surface area contributed by atoms with Crippen LogP contribution in [0.3, 0.4) is 0 Å². The second-order valence-corrected chi connectivity index (χ2v) is 4.51. The number of aromatic carboxylic acids is 1. The SMILES string of the molecule is CC(C)Oc1ccc2c(c1C(=O)[O-])O[B-](O)(O)CO2. The lowest BCUT2D eigenvalue weighted by Gasteiger charge is -2.37. The first kappa shape index (κ1) is 13.5. The van der Waals surface area contributed by atoms with Crippen LogP contribution in [-0.2, 0) is 0 Å². The number of ether oxygens (including phenoxy) is 2. The number of carbonyl (C=O) groups is 1. The van der Waals surface area contributed by atoms with Crippen molar-refractivity contribution in [1.29, 1.82) is 0 Å². The van der Waals surface area contributed by atoms with E-state index >= 15 is 0 Å². The summed E-state index contributed by atoms with van der Waals surface area (Å²) in [6.45, 7) is -0.267. The van der Waals surface area contributed by atoms with E-state index in [-0.39, 0.29) is 23.4 Å². The van der Waals surface area contributed by atoms with Gasteiger partial charge in [-0.1, -0.05) is 0 Å². The second-order valence-electron chi connectivity index (χ2n) is 4.51. The molecule has 0 atom stereocenters. The van der Waals surface area contributed by atoms with Gasteiger partial charge < -0.3 is 34.1 Å². The Hall–Kier alpha value is -1.93. The maximum atomic E-state index is 11.2. The van der Waals surface area contributed by atoms with Gasteiger partial charge in [-0.05, 0) is 26.0 Å². The standard InChI is InChI=1S/C11H14BO7/c1-6(2)18-7-3-4-8-10(9(7)11(13)14)19-12(15,16)5-17-8/h3-4,6,15-16H,5H2,1-2H3,(H,13,14)/q-1/p-1. The van der Waals surface area contributed by atoms with Gasteiger partial charge in [0.1, 0.15) is 11.5 Å². The molecule has 104 valence electrons. The fourth-order valence-corrected chi connectivity index (χ4v) is 1.74. The summed E-state index contributed by atoms with van der Waals surface area (Å²) in [4.78, 5) is 11.2. The summed E-state index contributed by atoms with van der Waals surface area (Å²) in [6, 6.07) is 2.84. The van der Waals surface area contributed by atoms with Crippen molar-refractivity contribution in [3.05, 3.63) is 17.7 Å². The van der Waals surface area contributed by atoms with Crippen molar-refractivity contribution in [1.82, 2.24) is 0 Å². The highest BCUT2D eigenvalue weighted by atomic mass is 16.7. The first-order valence-electron chi connectivity index (χ1n) is 5.77. The van der Waals surface area contributed by atoms with Gasteiger partial charge in [0.25, 0.3) is 0 Å². The van der Waals surface area contributed by atoms with Crippen LogP contribution < -0.4 is 19.2 Å². The van der Waals surface area contributed by atoms with Gasteiger partial charge in [0, 0.05) is 0 Å². The van der Waals surface area contributed by atoms with Crippen molar-refractivity contribution in [3.8, 4) is 17.2 Å². The largest absolute Gasteiger partial charge is 0.665 e.